The Morgan fingerprint density at radius 1 is 1.29 bits per heavy atom. The van der Waals surface area contributed by atoms with Crippen LogP contribution in [0.3, 0.4) is 0 Å². The highest BCUT2D eigenvalue weighted by Crippen LogP contribution is 2.39. The molecule has 24 heavy (non-hydrogen) atoms. The molecule has 3 heterocycles. The molecule has 0 bridgehead atoms. The molecule has 1 aromatic carbocycles. The van der Waals surface area contributed by atoms with Gasteiger partial charge >= 0.3 is 0 Å². The minimum atomic E-state index is -0.0843. The van der Waals surface area contributed by atoms with Gasteiger partial charge in [-0.2, -0.15) is 0 Å². The lowest BCUT2D eigenvalue weighted by Gasteiger charge is -2.34. The number of amides is 1. The number of nitrogens with zero attached hydrogens (tertiary/aromatic N) is 1. The highest BCUT2D eigenvalue weighted by Gasteiger charge is 2.26. The zero-order valence-electron chi connectivity index (χ0n) is 13.6. The van der Waals surface area contributed by atoms with Crippen LogP contribution in [0.25, 0.3) is 0 Å². The molecule has 1 N–H and O–H groups in total. The van der Waals surface area contributed by atoms with Gasteiger partial charge in [-0.3, -0.25) is 9.69 Å². The summed E-state index contributed by atoms with van der Waals surface area (Å²) in [6, 6.07) is 8.82. The number of benzene rings is 1. The van der Waals surface area contributed by atoms with Crippen LogP contribution in [0.15, 0.2) is 29.6 Å². The maximum atomic E-state index is 12.5. The van der Waals surface area contributed by atoms with Crippen LogP contribution in [-0.2, 0) is 13.0 Å². The molecule has 6 heteroatoms. The molecule has 1 amide bonds. The lowest BCUT2D eigenvalue weighted by Crippen LogP contribution is -2.45. The molecule has 2 aliphatic heterocycles. The maximum Gasteiger partial charge on any atom is 0.265 e. The maximum absolute atomic E-state index is 12.5. The fourth-order valence-electron chi connectivity index (χ4n) is 3.26. The third-order valence-electron chi connectivity index (χ3n) is 4.62. The van der Waals surface area contributed by atoms with Crippen molar-refractivity contribution in [3.63, 3.8) is 0 Å². The van der Waals surface area contributed by atoms with Gasteiger partial charge in [0.2, 0.25) is 0 Å². The first-order valence-electron chi connectivity index (χ1n) is 8.14. The molecule has 0 saturated carbocycles. The highest BCUT2D eigenvalue weighted by atomic mass is 32.1. The van der Waals surface area contributed by atoms with Crippen LogP contribution in [0.5, 0.6) is 11.5 Å². The lowest BCUT2D eigenvalue weighted by atomic mass is 9.94. The van der Waals surface area contributed by atoms with E-state index in [4.69, 9.17) is 9.47 Å². The zero-order chi connectivity index (χ0) is 16.5. The fraction of sp³-hybridized carbons (Fsp3) is 0.389. The number of rotatable bonds is 3. The van der Waals surface area contributed by atoms with Gasteiger partial charge in [0, 0.05) is 24.5 Å². The Morgan fingerprint density at radius 3 is 2.96 bits per heavy atom. The van der Waals surface area contributed by atoms with Crippen molar-refractivity contribution in [1.82, 2.24) is 10.2 Å². The van der Waals surface area contributed by atoms with Gasteiger partial charge < -0.3 is 14.8 Å². The van der Waals surface area contributed by atoms with Crippen LogP contribution in [0, 0.1) is 0 Å². The van der Waals surface area contributed by atoms with E-state index in [1.165, 1.54) is 22.5 Å². The quantitative estimate of drug-likeness (QED) is 0.928. The molecular formula is C18H20N2O3S. The van der Waals surface area contributed by atoms with E-state index in [1.807, 2.05) is 5.38 Å². The summed E-state index contributed by atoms with van der Waals surface area (Å²) in [5.74, 6) is 1.19. The highest BCUT2D eigenvalue weighted by molar-refractivity contribution is 7.12. The van der Waals surface area contributed by atoms with E-state index in [1.54, 1.807) is 0 Å². The predicted octanol–water partition coefficient (Wildman–Crippen LogP) is 2.31. The lowest BCUT2D eigenvalue weighted by molar-refractivity contribution is 0.0929. The number of carbonyl (C=O) groups excluding carboxylic acids is 1. The van der Waals surface area contributed by atoms with Gasteiger partial charge in [0.15, 0.2) is 11.5 Å². The van der Waals surface area contributed by atoms with E-state index in [9.17, 15) is 4.79 Å². The summed E-state index contributed by atoms with van der Waals surface area (Å²) in [5, 5.41) is 4.90. The summed E-state index contributed by atoms with van der Waals surface area (Å²) in [7, 11) is 2.11. The fourth-order valence-corrected chi connectivity index (χ4v) is 4.10. The monoisotopic (exact) mass is 344 g/mol. The second-order valence-corrected chi connectivity index (χ2v) is 7.09. The topological polar surface area (TPSA) is 50.8 Å². The number of hydrogen-bond acceptors (Lipinski definition) is 5. The minimum Gasteiger partial charge on any atom is -0.485 e. The molecule has 0 radical (unpaired) electrons. The Labute approximate surface area is 145 Å². The van der Waals surface area contributed by atoms with Crippen molar-refractivity contribution in [2.45, 2.75) is 19.0 Å². The molecule has 1 atom stereocenters. The molecule has 0 unspecified atom stereocenters. The standard InChI is InChI=1S/C18H20N2O3S/c1-20-10-13-5-3-2-4-12(13)8-14(20)9-19-18(21)17-16-15(11-24-17)22-6-7-23-16/h2-5,11,14H,6-10H2,1H3,(H,19,21)/t14-/m0/s1. The number of carbonyl (C=O) groups is 1. The molecule has 4 rings (SSSR count). The first-order chi connectivity index (χ1) is 11.7. The van der Waals surface area contributed by atoms with Gasteiger partial charge in [0.1, 0.15) is 18.1 Å². The van der Waals surface area contributed by atoms with Crippen molar-refractivity contribution in [3.8, 4) is 11.5 Å². The Morgan fingerprint density at radius 2 is 2.08 bits per heavy atom. The first-order valence-corrected chi connectivity index (χ1v) is 9.02. The van der Waals surface area contributed by atoms with Gasteiger partial charge in [0.05, 0.1) is 0 Å². The first kappa shape index (κ1) is 15.5. The van der Waals surface area contributed by atoms with Gasteiger partial charge in [0.25, 0.3) is 5.91 Å². The van der Waals surface area contributed by atoms with Crippen LogP contribution in [0.1, 0.15) is 20.8 Å². The zero-order valence-corrected chi connectivity index (χ0v) is 14.4. The van der Waals surface area contributed by atoms with Crippen molar-refractivity contribution >= 4 is 17.2 Å². The summed E-state index contributed by atoms with van der Waals surface area (Å²) >= 11 is 1.37. The van der Waals surface area contributed by atoms with E-state index >= 15 is 0 Å². The van der Waals surface area contributed by atoms with E-state index in [0.29, 0.717) is 42.2 Å². The molecule has 126 valence electrons. The molecule has 0 spiro atoms. The van der Waals surface area contributed by atoms with Crippen LogP contribution in [0.4, 0.5) is 0 Å². The van der Waals surface area contributed by atoms with Crippen molar-refractivity contribution < 1.29 is 14.3 Å². The normalized spacial score (nSPS) is 19.6. The Kier molecular flexibility index (Phi) is 4.16. The molecule has 2 aromatic rings. The second-order valence-electron chi connectivity index (χ2n) is 6.21. The van der Waals surface area contributed by atoms with E-state index in [0.717, 1.165) is 13.0 Å². The molecule has 0 fully saturated rings. The van der Waals surface area contributed by atoms with Gasteiger partial charge in [-0.15, -0.1) is 11.3 Å². The summed E-state index contributed by atoms with van der Waals surface area (Å²) < 4.78 is 11.1. The molecule has 0 saturated heterocycles. The summed E-state index contributed by atoms with van der Waals surface area (Å²) in [6.07, 6.45) is 0.953. The predicted molar refractivity (Wildman–Crippen MR) is 93.0 cm³/mol. The summed E-state index contributed by atoms with van der Waals surface area (Å²) in [6.45, 7) is 2.57. The third-order valence-corrected chi connectivity index (χ3v) is 5.56. The largest absolute Gasteiger partial charge is 0.485 e. The average Bonchev–Trinajstić information content (AvgIpc) is 3.04. The van der Waals surface area contributed by atoms with Gasteiger partial charge in [-0.05, 0) is 24.6 Å². The average molecular weight is 344 g/mol. The SMILES string of the molecule is CN1Cc2ccccc2C[C@H]1CNC(=O)c1scc2c1OCCO2. The van der Waals surface area contributed by atoms with E-state index in [-0.39, 0.29) is 5.91 Å². The molecule has 2 aliphatic rings. The Hall–Kier alpha value is -2.05. The number of ether oxygens (including phenoxy) is 2. The van der Waals surface area contributed by atoms with Gasteiger partial charge in [-0.1, -0.05) is 24.3 Å². The van der Waals surface area contributed by atoms with Gasteiger partial charge in [-0.25, -0.2) is 0 Å². The molecule has 1 aromatic heterocycles. The molecule has 0 aliphatic carbocycles. The van der Waals surface area contributed by atoms with Crippen LogP contribution in [-0.4, -0.2) is 43.7 Å². The van der Waals surface area contributed by atoms with Crippen LogP contribution >= 0.6 is 11.3 Å². The molecule has 5 nitrogen and oxygen atoms in total. The van der Waals surface area contributed by atoms with E-state index in [2.05, 4.69) is 41.5 Å². The third kappa shape index (κ3) is 2.87. The Bertz CT molecular complexity index is 758. The van der Waals surface area contributed by atoms with Crippen molar-refractivity contribution in [2.24, 2.45) is 0 Å². The van der Waals surface area contributed by atoms with Crippen LogP contribution in [0.2, 0.25) is 0 Å². The summed E-state index contributed by atoms with van der Waals surface area (Å²) in [5.41, 5.74) is 2.75. The smallest absolute Gasteiger partial charge is 0.265 e. The Balaban J connectivity index is 1.42. The van der Waals surface area contributed by atoms with Crippen molar-refractivity contribution in [2.75, 3.05) is 26.8 Å². The number of fused-ring (bicyclic) bond motifs is 2. The van der Waals surface area contributed by atoms with E-state index < -0.39 is 0 Å². The number of likely N-dealkylation sites (N-methyl/N-ethyl adjacent to an activating group) is 1. The minimum absolute atomic E-state index is 0.0843. The number of hydrogen-bond donors (Lipinski definition) is 1. The molecular weight excluding hydrogens is 324 g/mol. The summed E-state index contributed by atoms with van der Waals surface area (Å²) in [4.78, 5) is 15.4. The number of thiophene rings is 1. The van der Waals surface area contributed by atoms with Crippen LogP contribution < -0.4 is 14.8 Å². The van der Waals surface area contributed by atoms with Crippen molar-refractivity contribution in [3.05, 3.63) is 45.6 Å². The van der Waals surface area contributed by atoms with Crippen molar-refractivity contribution in [1.29, 1.82) is 0 Å². The second kappa shape index (κ2) is 6.45. The number of nitrogens with one attached hydrogen (secondary N) is 1.